The fourth-order valence-electron chi connectivity index (χ4n) is 1.61. The van der Waals surface area contributed by atoms with Gasteiger partial charge in [-0.25, -0.2) is 0 Å². The molecule has 0 unspecified atom stereocenters. The molecule has 2 aromatic rings. The van der Waals surface area contributed by atoms with Crippen molar-refractivity contribution in [1.29, 1.82) is 0 Å². The van der Waals surface area contributed by atoms with E-state index in [1.54, 1.807) is 18.9 Å². The summed E-state index contributed by atoms with van der Waals surface area (Å²) in [6.45, 7) is 0.628. The van der Waals surface area contributed by atoms with Crippen LogP contribution >= 0.6 is 27.7 Å². The molecule has 0 bridgehead atoms. The van der Waals surface area contributed by atoms with Crippen molar-refractivity contribution in [3.8, 4) is 11.5 Å². The van der Waals surface area contributed by atoms with Crippen molar-refractivity contribution in [1.82, 2.24) is 0 Å². The van der Waals surface area contributed by atoms with Gasteiger partial charge in [0.05, 0.1) is 13.7 Å². The molecule has 5 heteroatoms. The quantitative estimate of drug-likeness (QED) is 0.479. The zero-order valence-electron chi connectivity index (χ0n) is 11.1. The van der Waals surface area contributed by atoms with Gasteiger partial charge in [-0.15, -0.1) is 11.8 Å². The first-order chi connectivity index (χ1) is 9.69. The minimum absolute atomic E-state index is 0.628. The van der Waals surface area contributed by atoms with Gasteiger partial charge in [0.2, 0.25) is 0 Å². The Morgan fingerprint density at radius 1 is 1.10 bits per heavy atom. The highest BCUT2D eigenvalue weighted by Crippen LogP contribution is 2.29. The molecule has 2 aromatic carbocycles. The number of nitrogen functional groups attached to an aromatic ring is 1. The van der Waals surface area contributed by atoms with Crippen molar-refractivity contribution in [2.45, 2.75) is 4.90 Å². The number of methoxy groups -OCH3 is 1. The molecule has 0 aromatic heterocycles. The smallest absolute Gasteiger partial charge is 0.120 e. The highest BCUT2D eigenvalue weighted by molar-refractivity contribution is 9.10. The van der Waals surface area contributed by atoms with Crippen LogP contribution in [0.2, 0.25) is 0 Å². The zero-order chi connectivity index (χ0) is 14.4. The van der Waals surface area contributed by atoms with Gasteiger partial charge in [-0.3, -0.25) is 0 Å². The Balaban J connectivity index is 1.82. The number of thioether (sulfide) groups is 1. The van der Waals surface area contributed by atoms with Crippen LogP contribution in [0.5, 0.6) is 11.5 Å². The van der Waals surface area contributed by atoms with Crippen molar-refractivity contribution in [2.24, 2.45) is 0 Å². The lowest BCUT2D eigenvalue weighted by molar-refractivity contribution is 0.344. The van der Waals surface area contributed by atoms with Crippen LogP contribution < -0.4 is 15.2 Å². The van der Waals surface area contributed by atoms with E-state index in [-0.39, 0.29) is 0 Å². The van der Waals surface area contributed by atoms with Gasteiger partial charge in [0, 0.05) is 20.8 Å². The van der Waals surface area contributed by atoms with Gasteiger partial charge in [-0.2, -0.15) is 0 Å². The highest BCUT2D eigenvalue weighted by atomic mass is 79.9. The topological polar surface area (TPSA) is 44.5 Å². The number of halogens is 1. The van der Waals surface area contributed by atoms with Crippen LogP contribution in [-0.4, -0.2) is 19.5 Å². The molecule has 3 nitrogen and oxygen atoms in total. The van der Waals surface area contributed by atoms with E-state index in [1.165, 1.54) is 0 Å². The summed E-state index contributed by atoms with van der Waals surface area (Å²) in [5, 5.41) is 0. The molecule has 20 heavy (non-hydrogen) atoms. The van der Waals surface area contributed by atoms with Crippen molar-refractivity contribution in [3.05, 3.63) is 46.9 Å². The average Bonchev–Trinajstić information content (AvgIpc) is 2.47. The van der Waals surface area contributed by atoms with Crippen LogP contribution in [0.15, 0.2) is 51.8 Å². The van der Waals surface area contributed by atoms with Crippen LogP contribution in [0.1, 0.15) is 0 Å². The standard InChI is InChI=1S/C15H16BrNO2S/c1-18-13-6-7-14(17)15(10-13)20-9-8-19-12-4-2-11(16)3-5-12/h2-7,10H,8-9,17H2,1H3. The number of nitrogens with two attached hydrogens (primary N) is 1. The summed E-state index contributed by atoms with van der Waals surface area (Å²) in [5.41, 5.74) is 6.70. The summed E-state index contributed by atoms with van der Waals surface area (Å²) in [4.78, 5) is 1.02. The number of ether oxygens (including phenoxy) is 2. The van der Waals surface area contributed by atoms with Gasteiger partial charge in [0.1, 0.15) is 11.5 Å². The molecule has 0 atom stereocenters. The SMILES string of the molecule is COc1ccc(N)c(SCCOc2ccc(Br)cc2)c1. The monoisotopic (exact) mass is 353 g/mol. The molecular formula is C15H16BrNO2S. The van der Waals surface area contributed by atoms with E-state index < -0.39 is 0 Å². The molecule has 0 heterocycles. The largest absolute Gasteiger partial charge is 0.497 e. The Morgan fingerprint density at radius 3 is 2.50 bits per heavy atom. The van der Waals surface area contributed by atoms with E-state index in [0.717, 1.165) is 32.3 Å². The van der Waals surface area contributed by atoms with Gasteiger partial charge >= 0.3 is 0 Å². The number of benzene rings is 2. The predicted octanol–water partition coefficient (Wildman–Crippen LogP) is 4.21. The van der Waals surface area contributed by atoms with E-state index in [0.29, 0.717) is 6.61 Å². The van der Waals surface area contributed by atoms with E-state index in [2.05, 4.69) is 15.9 Å². The van der Waals surface area contributed by atoms with Crippen LogP contribution in [0.25, 0.3) is 0 Å². The zero-order valence-corrected chi connectivity index (χ0v) is 13.5. The molecule has 2 N–H and O–H groups in total. The lowest BCUT2D eigenvalue weighted by Crippen LogP contribution is -2.00. The first-order valence-corrected chi connectivity index (χ1v) is 7.91. The maximum atomic E-state index is 5.93. The summed E-state index contributed by atoms with van der Waals surface area (Å²) in [6, 6.07) is 13.5. The lowest BCUT2D eigenvalue weighted by Gasteiger charge is -2.09. The van der Waals surface area contributed by atoms with Gasteiger partial charge in [-0.1, -0.05) is 15.9 Å². The van der Waals surface area contributed by atoms with Gasteiger partial charge in [-0.05, 0) is 42.5 Å². The summed E-state index contributed by atoms with van der Waals surface area (Å²) in [7, 11) is 1.65. The Kier molecular flexibility index (Phi) is 5.61. The van der Waals surface area contributed by atoms with Crippen LogP contribution in [0.4, 0.5) is 5.69 Å². The Labute approximate surface area is 131 Å². The van der Waals surface area contributed by atoms with Crippen molar-refractivity contribution >= 4 is 33.4 Å². The molecule has 0 radical (unpaired) electrons. The second kappa shape index (κ2) is 7.45. The van der Waals surface area contributed by atoms with Gasteiger partial charge in [0.15, 0.2) is 0 Å². The van der Waals surface area contributed by atoms with E-state index in [9.17, 15) is 0 Å². The van der Waals surface area contributed by atoms with Crippen LogP contribution in [0.3, 0.4) is 0 Å². The fraction of sp³-hybridized carbons (Fsp3) is 0.200. The maximum absolute atomic E-state index is 5.93. The molecule has 0 aliphatic rings. The lowest BCUT2D eigenvalue weighted by atomic mass is 10.3. The summed E-state index contributed by atoms with van der Waals surface area (Å²) < 4.78 is 11.9. The maximum Gasteiger partial charge on any atom is 0.120 e. The molecular weight excluding hydrogens is 338 g/mol. The van der Waals surface area contributed by atoms with Crippen LogP contribution in [0, 0.1) is 0 Å². The third-order valence-corrected chi connectivity index (χ3v) is 4.21. The first-order valence-electron chi connectivity index (χ1n) is 6.14. The summed E-state index contributed by atoms with van der Waals surface area (Å²) in [5.74, 6) is 2.51. The van der Waals surface area contributed by atoms with Crippen molar-refractivity contribution < 1.29 is 9.47 Å². The molecule has 0 saturated heterocycles. The van der Waals surface area contributed by atoms with Crippen molar-refractivity contribution in [2.75, 3.05) is 25.2 Å². The minimum atomic E-state index is 0.628. The number of hydrogen-bond donors (Lipinski definition) is 1. The Bertz CT molecular complexity index is 560. The van der Waals surface area contributed by atoms with E-state index in [1.807, 2.05) is 42.5 Å². The van der Waals surface area contributed by atoms with E-state index in [4.69, 9.17) is 15.2 Å². The molecule has 106 valence electrons. The predicted molar refractivity (Wildman–Crippen MR) is 87.8 cm³/mol. The molecule has 0 fully saturated rings. The van der Waals surface area contributed by atoms with Gasteiger partial charge < -0.3 is 15.2 Å². The van der Waals surface area contributed by atoms with Crippen LogP contribution in [-0.2, 0) is 0 Å². The first kappa shape index (κ1) is 15.1. The number of rotatable bonds is 6. The second-order valence-electron chi connectivity index (χ2n) is 4.05. The second-order valence-corrected chi connectivity index (χ2v) is 6.11. The third kappa shape index (κ3) is 4.35. The molecule has 0 aliphatic carbocycles. The van der Waals surface area contributed by atoms with Gasteiger partial charge in [0.25, 0.3) is 0 Å². The normalized spacial score (nSPS) is 10.3. The fourth-order valence-corrected chi connectivity index (χ4v) is 2.69. The summed E-state index contributed by atoms with van der Waals surface area (Å²) >= 11 is 5.05. The van der Waals surface area contributed by atoms with Crippen molar-refractivity contribution in [3.63, 3.8) is 0 Å². The molecule has 2 rings (SSSR count). The minimum Gasteiger partial charge on any atom is -0.497 e. The Morgan fingerprint density at radius 2 is 1.80 bits per heavy atom. The molecule has 0 aliphatic heterocycles. The molecule has 0 amide bonds. The number of hydrogen-bond acceptors (Lipinski definition) is 4. The summed E-state index contributed by atoms with van der Waals surface area (Å²) in [6.07, 6.45) is 0. The third-order valence-electron chi connectivity index (χ3n) is 2.64. The van der Waals surface area contributed by atoms with E-state index >= 15 is 0 Å². The molecule has 0 saturated carbocycles. The average molecular weight is 354 g/mol. The number of anilines is 1. The Hall–Kier alpha value is -1.33. The highest BCUT2D eigenvalue weighted by Gasteiger charge is 2.02. The molecule has 0 spiro atoms.